The lowest BCUT2D eigenvalue weighted by molar-refractivity contribution is -0.137. The summed E-state index contributed by atoms with van der Waals surface area (Å²) in [6.07, 6.45) is -4.64. The Balaban J connectivity index is 1.87. The molecule has 4 aromatic rings. The second-order valence-corrected chi connectivity index (χ2v) is 7.01. The average Bonchev–Trinajstić information content (AvgIpc) is 3.06. The van der Waals surface area contributed by atoms with Gasteiger partial charge >= 0.3 is 6.18 Å². The number of hydrogen-bond acceptors (Lipinski definition) is 2. The van der Waals surface area contributed by atoms with Gasteiger partial charge in [0.1, 0.15) is 11.5 Å². The maximum Gasteiger partial charge on any atom is 0.416 e. The summed E-state index contributed by atoms with van der Waals surface area (Å²) in [6, 6.07) is 15.1. The minimum Gasteiger partial charge on any atom is -0.351 e. The van der Waals surface area contributed by atoms with Crippen LogP contribution in [-0.4, -0.2) is 10.8 Å². The molecule has 3 aromatic carbocycles. The van der Waals surface area contributed by atoms with Crippen molar-refractivity contribution in [3.05, 3.63) is 94.4 Å². The van der Waals surface area contributed by atoms with E-state index in [-0.39, 0.29) is 11.4 Å². The number of halogens is 5. The van der Waals surface area contributed by atoms with Gasteiger partial charge in [-0.1, -0.05) is 41.9 Å². The number of carbonyl (C=O) groups excluding carboxylic acids is 1. The number of rotatable bonds is 4. The summed E-state index contributed by atoms with van der Waals surface area (Å²) in [5.74, 6) is -1.29. The van der Waals surface area contributed by atoms with Crippen molar-refractivity contribution in [1.82, 2.24) is 4.98 Å². The van der Waals surface area contributed by atoms with E-state index in [0.717, 1.165) is 6.07 Å². The van der Waals surface area contributed by atoms with Crippen LogP contribution in [0.5, 0.6) is 0 Å². The number of nitrogens with one attached hydrogen (secondary N) is 2. The summed E-state index contributed by atoms with van der Waals surface area (Å²) in [4.78, 5) is 16.0. The molecule has 0 radical (unpaired) electrons. The molecule has 0 saturated heterocycles. The highest BCUT2D eigenvalue weighted by molar-refractivity contribution is 6.31. The lowest BCUT2D eigenvalue weighted by Gasteiger charge is -2.13. The molecule has 2 N–H and O–H groups in total. The second-order valence-electron chi connectivity index (χ2n) is 6.58. The molecular formula is C22H13ClF4N2O. The molecule has 0 aliphatic carbocycles. The van der Waals surface area contributed by atoms with Crippen LogP contribution in [0.1, 0.15) is 21.6 Å². The van der Waals surface area contributed by atoms with Gasteiger partial charge in [0.25, 0.3) is 0 Å². The zero-order valence-electron chi connectivity index (χ0n) is 15.1. The van der Waals surface area contributed by atoms with Crippen LogP contribution in [0.2, 0.25) is 5.02 Å². The third kappa shape index (κ3) is 3.76. The summed E-state index contributed by atoms with van der Waals surface area (Å²) in [6.45, 7) is 0. The SMILES string of the molecule is O=C(c1ccccc1)c1[nH]c2cc(Cl)ccc2c1Nc1cc(C(F)(F)F)ccc1F. The molecule has 4 rings (SSSR count). The minimum absolute atomic E-state index is 0.0790. The molecule has 1 aromatic heterocycles. The summed E-state index contributed by atoms with van der Waals surface area (Å²) in [5, 5.41) is 3.56. The van der Waals surface area contributed by atoms with Crippen molar-refractivity contribution >= 4 is 39.7 Å². The van der Waals surface area contributed by atoms with Crippen molar-refractivity contribution in [3.63, 3.8) is 0 Å². The summed E-state index contributed by atoms with van der Waals surface area (Å²) in [5.41, 5.74) is -0.323. The van der Waals surface area contributed by atoms with E-state index in [1.807, 2.05) is 0 Å². The first-order chi connectivity index (χ1) is 14.2. The van der Waals surface area contributed by atoms with Crippen LogP contribution in [0.3, 0.4) is 0 Å². The Morgan fingerprint density at radius 1 is 0.967 bits per heavy atom. The number of fused-ring (bicyclic) bond motifs is 1. The number of aromatic amines is 1. The molecule has 0 atom stereocenters. The van der Waals surface area contributed by atoms with Gasteiger partial charge in [0.15, 0.2) is 0 Å². The minimum atomic E-state index is -4.64. The third-order valence-corrected chi connectivity index (χ3v) is 4.81. The molecule has 0 aliphatic rings. The van der Waals surface area contributed by atoms with Gasteiger partial charge < -0.3 is 10.3 Å². The highest BCUT2D eigenvalue weighted by Gasteiger charge is 2.31. The first-order valence-electron chi connectivity index (χ1n) is 8.79. The van der Waals surface area contributed by atoms with Crippen LogP contribution in [0.25, 0.3) is 10.9 Å². The Hall–Kier alpha value is -3.32. The second kappa shape index (κ2) is 7.50. The Morgan fingerprint density at radius 2 is 1.70 bits per heavy atom. The average molecular weight is 433 g/mol. The topological polar surface area (TPSA) is 44.9 Å². The van der Waals surface area contributed by atoms with Gasteiger partial charge in [0, 0.05) is 21.5 Å². The molecule has 0 aliphatic heterocycles. The van der Waals surface area contributed by atoms with Gasteiger partial charge in [-0.15, -0.1) is 0 Å². The van der Waals surface area contributed by atoms with Gasteiger partial charge in [-0.3, -0.25) is 4.79 Å². The fourth-order valence-corrected chi connectivity index (χ4v) is 3.31. The normalized spacial score (nSPS) is 11.6. The van der Waals surface area contributed by atoms with Gasteiger partial charge in [0.2, 0.25) is 5.78 Å². The molecule has 8 heteroatoms. The standard InChI is InChI=1S/C22H13ClF4N2O/c23-14-7-8-15-17(11-14)28-20(21(30)12-4-2-1-3-5-12)19(15)29-18-10-13(22(25,26)27)6-9-16(18)24/h1-11,28-29H. The van der Waals surface area contributed by atoms with Crippen LogP contribution < -0.4 is 5.32 Å². The molecule has 0 fully saturated rings. The van der Waals surface area contributed by atoms with Gasteiger partial charge in [-0.25, -0.2) is 4.39 Å². The summed E-state index contributed by atoms with van der Waals surface area (Å²) < 4.78 is 53.6. The van der Waals surface area contributed by atoms with Crippen molar-refractivity contribution in [1.29, 1.82) is 0 Å². The maximum atomic E-state index is 14.3. The van der Waals surface area contributed by atoms with E-state index in [2.05, 4.69) is 10.3 Å². The van der Waals surface area contributed by atoms with Gasteiger partial charge in [-0.05, 0) is 36.4 Å². The van der Waals surface area contributed by atoms with Crippen LogP contribution in [0.4, 0.5) is 28.9 Å². The predicted octanol–water partition coefficient (Wildman–Crippen LogP) is 6.95. The van der Waals surface area contributed by atoms with Crippen LogP contribution in [0.15, 0.2) is 66.7 Å². The van der Waals surface area contributed by atoms with E-state index in [1.54, 1.807) is 48.5 Å². The Labute approximate surface area is 173 Å². The number of hydrogen-bond donors (Lipinski definition) is 2. The van der Waals surface area contributed by atoms with Crippen LogP contribution in [-0.2, 0) is 6.18 Å². The summed E-state index contributed by atoms with van der Waals surface area (Å²) >= 11 is 6.02. The van der Waals surface area contributed by atoms with E-state index >= 15 is 0 Å². The largest absolute Gasteiger partial charge is 0.416 e. The number of ketones is 1. The van der Waals surface area contributed by atoms with E-state index in [9.17, 15) is 22.4 Å². The predicted molar refractivity (Wildman–Crippen MR) is 108 cm³/mol. The zero-order chi connectivity index (χ0) is 21.5. The van der Waals surface area contributed by atoms with Crippen molar-refractivity contribution in [3.8, 4) is 0 Å². The maximum absolute atomic E-state index is 14.3. The van der Waals surface area contributed by atoms with E-state index in [4.69, 9.17) is 11.6 Å². The first kappa shape index (κ1) is 20.0. The fourth-order valence-electron chi connectivity index (χ4n) is 3.14. The molecule has 30 heavy (non-hydrogen) atoms. The van der Waals surface area contributed by atoms with E-state index < -0.39 is 29.0 Å². The van der Waals surface area contributed by atoms with Crippen LogP contribution >= 0.6 is 11.6 Å². The molecule has 3 nitrogen and oxygen atoms in total. The first-order valence-corrected chi connectivity index (χ1v) is 9.16. The van der Waals surface area contributed by atoms with E-state index in [1.165, 1.54) is 0 Å². The number of alkyl halides is 3. The van der Waals surface area contributed by atoms with Crippen molar-refractivity contribution in [2.75, 3.05) is 5.32 Å². The van der Waals surface area contributed by atoms with Crippen molar-refractivity contribution < 1.29 is 22.4 Å². The quantitative estimate of drug-likeness (QED) is 0.270. The number of H-pyrrole nitrogens is 1. The highest BCUT2D eigenvalue weighted by atomic mass is 35.5. The molecule has 0 saturated carbocycles. The van der Waals surface area contributed by atoms with Crippen molar-refractivity contribution in [2.24, 2.45) is 0 Å². The fraction of sp³-hybridized carbons (Fsp3) is 0.0455. The molecule has 0 unspecified atom stereocenters. The number of anilines is 2. The monoisotopic (exact) mass is 432 g/mol. The molecule has 1 heterocycles. The highest BCUT2D eigenvalue weighted by Crippen LogP contribution is 2.36. The number of benzene rings is 3. The zero-order valence-corrected chi connectivity index (χ0v) is 15.9. The third-order valence-electron chi connectivity index (χ3n) is 4.58. The van der Waals surface area contributed by atoms with Gasteiger partial charge in [0.05, 0.1) is 16.9 Å². The Morgan fingerprint density at radius 3 is 2.40 bits per heavy atom. The summed E-state index contributed by atoms with van der Waals surface area (Å²) in [7, 11) is 0. The lowest BCUT2D eigenvalue weighted by atomic mass is 10.1. The van der Waals surface area contributed by atoms with Crippen LogP contribution in [0, 0.1) is 5.82 Å². The number of carbonyl (C=O) groups is 1. The van der Waals surface area contributed by atoms with Gasteiger partial charge in [-0.2, -0.15) is 13.2 Å². The lowest BCUT2D eigenvalue weighted by Crippen LogP contribution is -2.08. The van der Waals surface area contributed by atoms with Crippen molar-refractivity contribution in [2.45, 2.75) is 6.18 Å². The number of aromatic nitrogens is 1. The molecule has 0 amide bonds. The Kier molecular flexibility index (Phi) is 4.99. The molecule has 0 spiro atoms. The molecule has 0 bridgehead atoms. The molecular weight excluding hydrogens is 420 g/mol. The Bertz CT molecular complexity index is 1250. The molecule has 152 valence electrons. The smallest absolute Gasteiger partial charge is 0.351 e. The van der Waals surface area contributed by atoms with E-state index in [0.29, 0.717) is 33.6 Å².